The van der Waals surface area contributed by atoms with Gasteiger partial charge in [-0.25, -0.2) is 15.0 Å². The van der Waals surface area contributed by atoms with Crippen molar-refractivity contribution in [3.8, 4) is 22.9 Å². The van der Waals surface area contributed by atoms with Crippen LogP contribution in [0.1, 0.15) is 24.8 Å². The molecule has 2 saturated heterocycles. The zero-order valence-corrected chi connectivity index (χ0v) is 25.2. The topological polar surface area (TPSA) is 104 Å². The molecular formula is C30H36Cl2N6O4. The van der Waals surface area contributed by atoms with Gasteiger partial charge in [-0.15, -0.1) is 0 Å². The number of halogens is 2. The van der Waals surface area contributed by atoms with Crippen molar-refractivity contribution in [1.29, 1.82) is 0 Å². The largest absolute Gasteiger partial charge is 0.469 e. The van der Waals surface area contributed by atoms with Crippen molar-refractivity contribution in [3.63, 3.8) is 0 Å². The molecule has 1 aromatic carbocycles. The minimum Gasteiger partial charge on any atom is -0.469 e. The minimum absolute atomic E-state index is 0.146. The van der Waals surface area contributed by atoms with E-state index in [1.807, 2.05) is 24.3 Å². The Labute approximate surface area is 256 Å². The van der Waals surface area contributed by atoms with Gasteiger partial charge in [-0.3, -0.25) is 14.6 Å². The van der Waals surface area contributed by atoms with E-state index in [9.17, 15) is 9.90 Å². The van der Waals surface area contributed by atoms with E-state index in [-0.39, 0.29) is 12.6 Å². The highest BCUT2D eigenvalue weighted by atomic mass is 35.5. The van der Waals surface area contributed by atoms with Gasteiger partial charge in [0.25, 0.3) is 0 Å². The van der Waals surface area contributed by atoms with E-state index in [2.05, 4.69) is 24.7 Å². The van der Waals surface area contributed by atoms with E-state index in [0.717, 1.165) is 63.2 Å². The van der Waals surface area contributed by atoms with Crippen LogP contribution in [0.3, 0.4) is 0 Å². The number of carbonyl (C=O) groups is 1. The molecule has 2 aliphatic heterocycles. The Bertz CT molecular complexity index is 1330. The second-order valence-electron chi connectivity index (χ2n) is 10.7. The SMILES string of the molecule is COC(=O)CC1CCN(Cc2cc(Oc3cnc(N4CCN(CCO)CC4)nc3)nc(-c3cc(Cl)cc(Cl)c3)c2)CC1. The molecule has 12 heteroatoms. The average molecular weight is 616 g/mol. The van der Waals surface area contributed by atoms with Crippen molar-refractivity contribution in [2.24, 2.45) is 5.92 Å². The van der Waals surface area contributed by atoms with Crippen LogP contribution in [0, 0.1) is 5.92 Å². The van der Waals surface area contributed by atoms with Crippen LogP contribution in [-0.2, 0) is 16.1 Å². The Kier molecular flexibility index (Phi) is 10.5. The predicted molar refractivity (Wildman–Crippen MR) is 162 cm³/mol. The molecule has 42 heavy (non-hydrogen) atoms. The molecule has 0 bridgehead atoms. The molecule has 3 aromatic rings. The lowest BCUT2D eigenvalue weighted by Gasteiger charge is -2.34. The van der Waals surface area contributed by atoms with Crippen LogP contribution in [-0.4, -0.2) is 95.4 Å². The number of aliphatic hydroxyl groups is 1. The first-order chi connectivity index (χ1) is 20.4. The highest BCUT2D eigenvalue weighted by Crippen LogP contribution is 2.31. The molecule has 4 heterocycles. The number of ether oxygens (including phenoxy) is 2. The molecule has 2 fully saturated rings. The molecule has 1 N–H and O–H groups in total. The molecule has 224 valence electrons. The van der Waals surface area contributed by atoms with Crippen molar-refractivity contribution in [2.75, 3.05) is 64.4 Å². The van der Waals surface area contributed by atoms with E-state index >= 15 is 0 Å². The molecule has 0 atom stereocenters. The summed E-state index contributed by atoms with van der Waals surface area (Å²) in [7, 11) is 1.44. The van der Waals surface area contributed by atoms with Crippen molar-refractivity contribution < 1.29 is 19.4 Å². The maximum absolute atomic E-state index is 11.7. The van der Waals surface area contributed by atoms with Gasteiger partial charge >= 0.3 is 5.97 Å². The summed E-state index contributed by atoms with van der Waals surface area (Å²) in [5.41, 5.74) is 2.53. The second-order valence-corrected chi connectivity index (χ2v) is 11.6. The van der Waals surface area contributed by atoms with Gasteiger partial charge in [-0.2, -0.15) is 0 Å². The number of nitrogens with zero attached hydrogens (tertiary/aromatic N) is 6. The third-order valence-corrected chi connectivity index (χ3v) is 8.16. The van der Waals surface area contributed by atoms with Gasteiger partial charge in [0, 0.05) is 67.4 Å². The number of likely N-dealkylation sites (tertiary alicyclic amines) is 1. The van der Waals surface area contributed by atoms with E-state index < -0.39 is 0 Å². The van der Waals surface area contributed by atoms with Crippen LogP contribution in [0.15, 0.2) is 42.7 Å². The molecule has 5 rings (SSSR count). The molecule has 2 aromatic heterocycles. The van der Waals surface area contributed by atoms with Gasteiger partial charge in [0.15, 0.2) is 5.75 Å². The number of aliphatic hydroxyl groups excluding tert-OH is 1. The number of anilines is 1. The number of β-amino-alcohol motifs (C(OH)–C–C–N with tert-alkyl or cyclic N) is 1. The number of pyridine rings is 1. The number of rotatable bonds is 10. The summed E-state index contributed by atoms with van der Waals surface area (Å²) in [4.78, 5) is 32.3. The zero-order chi connectivity index (χ0) is 29.5. The fourth-order valence-electron chi connectivity index (χ4n) is 5.44. The maximum Gasteiger partial charge on any atom is 0.305 e. The zero-order valence-electron chi connectivity index (χ0n) is 23.7. The molecule has 0 aliphatic carbocycles. The first-order valence-corrected chi connectivity index (χ1v) is 15.0. The van der Waals surface area contributed by atoms with Crippen molar-refractivity contribution in [2.45, 2.75) is 25.8 Å². The molecule has 10 nitrogen and oxygen atoms in total. The lowest BCUT2D eigenvalue weighted by Crippen LogP contribution is -2.47. The Morgan fingerprint density at radius 2 is 1.64 bits per heavy atom. The highest BCUT2D eigenvalue weighted by molar-refractivity contribution is 6.35. The van der Waals surface area contributed by atoms with Crippen LogP contribution >= 0.6 is 23.2 Å². The summed E-state index contributed by atoms with van der Waals surface area (Å²) in [6, 6.07) is 9.33. The number of esters is 1. The third-order valence-electron chi connectivity index (χ3n) is 7.72. The fourth-order valence-corrected chi connectivity index (χ4v) is 5.96. The number of aromatic nitrogens is 3. The summed E-state index contributed by atoms with van der Waals surface area (Å²) in [6.07, 6.45) is 5.69. The number of methoxy groups -OCH3 is 1. The Morgan fingerprint density at radius 3 is 2.29 bits per heavy atom. The van der Waals surface area contributed by atoms with E-state index in [1.165, 1.54) is 7.11 Å². The van der Waals surface area contributed by atoms with Crippen molar-refractivity contribution >= 4 is 35.1 Å². The van der Waals surface area contributed by atoms with Gasteiger partial charge in [0.05, 0.1) is 31.8 Å². The van der Waals surface area contributed by atoms with Crippen LogP contribution in [0.2, 0.25) is 10.0 Å². The Hall–Kier alpha value is -3.02. The number of hydrogen-bond acceptors (Lipinski definition) is 10. The second kappa shape index (κ2) is 14.4. The number of piperidine rings is 1. The Balaban J connectivity index is 1.30. The molecule has 0 amide bonds. The number of benzene rings is 1. The summed E-state index contributed by atoms with van der Waals surface area (Å²) in [5.74, 6) is 1.76. The standard InChI is InChI=1S/C30H36Cl2N6O4/c1-41-29(40)14-21-2-4-37(5-3-21)20-22-12-27(23-15-24(31)17-25(32)16-23)35-28(13-22)42-26-18-33-30(34-19-26)38-8-6-36(7-9-38)10-11-39/h12-13,15-19,21,39H,2-11,14,20H2,1H3. The van der Waals surface area contributed by atoms with Gasteiger partial charge in [-0.05, 0) is 61.7 Å². The normalized spacial score (nSPS) is 16.9. The minimum atomic E-state index is -0.146. The first-order valence-electron chi connectivity index (χ1n) is 14.2. The van der Waals surface area contributed by atoms with Crippen LogP contribution in [0.25, 0.3) is 11.3 Å². The van der Waals surface area contributed by atoms with Gasteiger partial charge in [0.1, 0.15) is 0 Å². The fraction of sp³-hybridized carbons (Fsp3) is 0.467. The monoisotopic (exact) mass is 614 g/mol. The lowest BCUT2D eigenvalue weighted by molar-refractivity contribution is -0.142. The highest BCUT2D eigenvalue weighted by Gasteiger charge is 2.23. The molecule has 0 saturated carbocycles. The summed E-state index contributed by atoms with van der Waals surface area (Å²) < 4.78 is 11.0. The van der Waals surface area contributed by atoms with Gasteiger partial charge in [0.2, 0.25) is 11.8 Å². The van der Waals surface area contributed by atoms with E-state index in [1.54, 1.807) is 18.5 Å². The first kappa shape index (κ1) is 30.4. The van der Waals surface area contributed by atoms with Crippen molar-refractivity contribution in [3.05, 3.63) is 58.3 Å². The Morgan fingerprint density at radius 1 is 0.952 bits per heavy atom. The summed E-state index contributed by atoms with van der Waals surface area (Å²) >= 11 is 12.6. The molecule has 2 aliphatic rings. The number of piperazine rings is 1. The summed E-state index contributed by atoms with van der Waals surface area (Å²) in [5, 5.41) is 10.2. The predicted octanol–water partition coefficient (Wildman–Crippen LogP) is 4.53. The molecule has 0 spiro atoms. The third kappa shape index (κ3) is 8.29. The van der Waals surface area contributed by atoms with Crippen LogP contribution in [0.5, 0.6) is 11.6 Å². The quantitative estimate of drug-likeness (QED) is 0.328. The average Bonchev–Trinajstić information content (AvgIpc) is 2.98. The van der Waals surface area contributed by atoms with Gasteiger partial charge < -0.3 is 19.5 Å². The molecule has 0 unspecified atom stereocenters. The van der Waals surface area contributed by atoms with E-state index in [4.69, 9.17) is 37.7 Å². The molecule has 0 radical (unpaired) electrons. The molecular weight excluding hydrogens is 579 g/mol. The maximum atomic E-state index is 11.7. The van der Waals surface area contributed by atoms with Crippen LogP contribution in [0.4, 0.5) is 5.95 Å². The number of hydrogen-bond donors (Lipinski definition) is 1. The van der Waals surface area contributed by atoms with Gasteiger partial charge in [-0.1, -0.05) is 23.2 Å². The smallest absolute Gasteiger partial charge is 0.305 e. The number of carbonyl (C=O) groups excluding carboxylic acids is 1. The lowest BCUT2D eigenvalue weighted by atomic mass is 9.93. The van der Waals surface area contributed by atoms with Crippen LogP contribution < -0.4 is 9.64 Å². The van der Waals surface area contributed by atoms with Crippen molar-refractivity contribution in [1.82, 2.24) is 24.8 Å². The van der Waals surface area contributed by atoms with E-state index in [0.29, 0.717) is 58.7 Å². The summed E-state index contributed by atoms with van der Waals surface area (Å²) in [6.45, 7) is 6.66.